The Morgan fingerprint density at radius 3 is 2.76 bits per heavy atom. The highest BCUT2D eigenvalue weighted by molar-refractivity contribution is 8.01. The van der Waals surface area contributed by atoms with Gasteiger partial charge in [0.25, 0.3) is 0 Å². The van der Waals surface area contributed by atoms with Gasteiger partial charge in [-0.3, -0.25) is 10.1 Å². The molecule has 0 spiro atoms. The van der Waals surface area contributed by atoms with Crippen LogP contribution in [0.5, 0.6) is 5.75 Å². The number of anilines is 1. The Bertz CT molecular complexity index is 1340. The molecule has 0 saturated carbocycles. The third-order valence-electron chi connectivity index (χ3n) is 5.08. The van der Waals surface area contributed by atoms with Gasteiger partial charge >= 0.3 is 0 Å². The van der Waals surface area contributed by atoms with Gasteiger partial charge < -0.3 is 9.15 Å². The van der Waals surface area contributed by atoms with Crippen LogP contribution in [0.1, 0.15) is 25.0 Å². The molecule has 1 amide bonds. The van der Waals surface area contributed by atoms with Gasteiger partial charge in [0.2, 0.25) is 11.0 Å². The molecule has 6 nitrogen and oxygen atoms in total. The number of aryl methyl sites for hydroxylation is 1. The van der Waals surface area contributed by atoms with Crippen molar-refractivity contribution in [2.75, 3.05) is 18.2 Å². The minimum Gasteiger partial charge on any atom is -0.496 e. The third kappa shape index (κ3) is 4.93. The smallest absolute Gasteiger partial charge is 0.250 e. The molecule has 0 aliphatic rings. The number of furan rings is 1. The van der Waals surface area contributed by atoms with Crippen molar-refractivity contribution < 1.29 is 13.9 Å². The maximum atomic E-state index is 12.7. The monoisotopic (exact) mass is 499 g/mol. The Morgan fingerprint density at radius 1 is 1.30 bits per heavy atom. The molecule has 0 saturated heterocycles. The van der Waals surface area contributed by atoms with Crippen molar-refractivity contribution in [3.63, 3.8) is 0 Å². The first kappa shape index (κ1) is 23.4. The normalized spacial score (nSPS) is 11.7. The van der Waals surface area contributed by atoms with Gasteiger partial charge in [0, 0.05) is 33.2 Å². The summed E-state index contributed by atoms with van der Waals surface area (Å²) in [7, 11) is 1.61. The van der Waals surface area contributed by atoms with Crippen LogP contribution in [0, 0.1) is 6.92 Å². The van der Waals surface area contributed by atoms with Crippen LogP contribution < -0.4 is 10.1 Å². The highest BCUT2D eigenvalue weighted by Gasteiger charge is 2.19. The maximum absolute atomic E-state index is 12.7. The van der Waals surface area contributed by atoms with Crippen molar-refractivity contribution in [1.29, 1.82) is 0 Å². The number of carbonyl (C=O) groups is 1. The van der Waals surface area contributed by atoms with Crippen LogP contribution in [0.25, 0.3) is 27.7 Å². The van der Waals surface area contributed by atoms with E-state index in [2.05, 4.69) is 15.5 Å². The molecule has 0 bridgehead atoms. The lowest BCUT2D eigenvalue weighted by molar-refractivity contribution is -0.111. The van der Waals surface area contributed by atoms with Crippen molar-refractivity contribution in [2.24, 2.45) is 0 Å². The van der Waals surface area contributed by atoms with Gasteiger partial charge in [-0.2, -0.15) is 0 Å². The average molecular weight is 500 g/mol. The van der Waals surface area contributed by atoms with Gasteiger partial charge in [-0.15, -0.1) is 10.2 Å². The summed E-state index contributed by atoms with van der Waals surface area (Å²) in [5, 5.41) is 13.0. The van der Waals surface area contributed by atoms with E-state index >= 15 is 0 Å². The highest BCUT2D eigenvalue weighted by Crippen LogP contribution is 2.40. The molecule has 9 heteroatoms. The summed E-state index contributed by atoms with van der Waals surface area (Å²) in [6.45, 7) is 5.87. The largest absolute Gasteiger partial charge is 0.496 e. The van der Waals surface area contributed by atoms with E-state index in [1.54, 1.807) is 31.2 Å². The number of amides is 1. The zero-order chi connectivity index (χ0) is 23.5. The molecule has 1 N–H and O–H groups in total. The predicted octanol–water partition coefficient (Wildman–Crippen LogP) is 7.08. The molecule has 0 radical (unpaired) electrons. The molecule has 2 aromatic heterocycles. The number of aromatic nitrogens is 2. The lowest BCUT2D eigenvalue weighted by Crippen LogP contribution is -2.08. The topological polar surface area (TPSA) is 77.3 Å². The number of allylic oxidation sites excluding steroid dienone is 1. The van der Waals surface area contributed by atoms with Gasteiger partial charge in [0.15, 0.2) is 4.34 Å². The molecular weight excluding hydrogens is 478 g/mol. The van der Waals surface area contributed by atoms with E-state index in [9.17, 15) is 4.79 Å². The number of thioether (sulfide) groups is 1. The summed E-state index contributed by atoms with van der Waals surface area (Å²) in [6, 6.07) is 9.60. The molecule has 170 valence electrons. The van der Waals surface area contributed by atoms with Gasteiger partial charge in [-0.05, 0) is 48.9 Å². The van der Waals surface area contributed by atoms with E-state index in [1.165, 1.54) is 11.3 Å². The van der Waals surface area contributed by atoms with Gasteiger partial charge in [0.1, 0.15) is 11.3 Å². The lowest BCUT2D eigenvalue weighted by atomic mass is 9.96. The summed E-state index contributed by atoms with van der Waals surface area (Å²) in [4.78, 5) is 12.7. The highest BCUT2D eigenvalue weighted by atomic mass is 35.5. The number of rotatable bonds is 7. The van der Waals surface area contributed by atoms with E-state index in [-0.39, 0.29) is 5.91 Å². The fourth-order valence-corrected chi connectivity index (χ4v) is 5.36. The summed E-state index contributed by atoms with van der Waals surface area (Å²) in [5.41, 5.74) is 5.11. The van der Waals surface area contributed by atoms with Crippen LogP contribution in [-0.4, -0.2) is 29.0 Å². The van der Waals surface area contributed by atoms with E-state index in [4.69, 9.17) is 20.8 Å². The second-order valence-electron chi connectivity index (χ2n) is 7.24. The summed E-state index contributed by atoms with van der Waals surface area (Å²) < 4.78 is 12.4. The van der Waals surface area contributed by atoms with Gasteiger partial charge in [0.05, 0.1) is 13.4 Å². The minimum atomic E-state index is -0.276. The molecular formula is C24H22ClN3O3S2. The number of nitrogens with one attached hydrogen (secondary N) is 1. The number of methoxy groups -OCH3 is 1. The molecule has 4 rings (SSSR count). The molecule has 0 aliphatic carbocycles. The molecule has 0 fully saturated rings. The number of halogens is 1. The standard InChI is InChI=1S/C24H22ClN3O3S2/c1-5-32-24-28-27-23(33-24)26-20(29)10-13(2)17-11-18-19(15-6-8-16(25)9-7-15)12-31-22(18)14(3)21(17)30-4/h6-12H,5H2,1-4H3,(H,26,27,29)/b13-10+. The Hall–Kier alpha value is -2.81. The number of ether oxygens (including phenoxy) is 1. The number of fused-ring (bicyclic) bond motifs is 1. The Balaban J connectivity index is 1.71. The fourth-order valence-electron chi connectivity index (χ4n) is 3.58. The van der Waals surface area contributed by atoms with Crippen molar-refractivity contribution in [2.45, 2.75) is 25.1 Å². The molecule has 0 unspecified atom stereocenters. The Labute approximate surface area is 205 Å². The second-order valence-corrected chi connectivity index (χ2v) is 10.2. The fraction of sp³-hybridized carbons (Fsp3) is 0.208. The van der Waals surface area contributed by atoms with Crippen LogP contribution in [0.2, 0.25) is 5.02 Å². The zero-order valence-corrected chi connectivity index (χ0v) is 21.0. The third-order valence-corrected chi connectivity index (χ3v) is 7.19. The van der Waals surface area contributed by atoms with Crippen LogP contribution in [0.3, 0.4) is 0 Å². The number of benzene rings is 2. The summed E-state index contributed by atoms with van der Waals surface area (Å²) >= 11 is 9.00. The molecule has 0 aliphatic heterocycles. The van der Waals surface area contributed by atoms with E-state index in [1.807, 2.05) is 51.1 Å². The number of hydrogen-bond acceptors (Lipinski definition) is 7. The first-order chi connectivity index (χ1) is 15.9. The molecule has 33 heavy (non-hydrogen) atoms. The van der Waals surface area contributed by atoms with Crippen molar-refractivity contribution in [3.8, 4) is 16.9 Å². The van der Waals surface area contributed by atoms with E-state index in [0.717, 1.165) is 48.9 Å². The first-order valence-electron chi connectivity index (χ1n) is 10.2. The van der Waals surface area contributed by atoms with Crippen LogP contribution in [0.15, 0.2) is 51.4 Å². The van der Waals surface area contributed by atoms with Crippen molar-refractivity contribution >= 4 is 62.3 Å². The van der Waals surface area contributed by atoms with E-state index in [0.29, 0.717) is 15.9 Å². The van der Waals surface area contributed by atoms with Crippen LogP contribution in [-0.2, 0) is 4.79 Å². The second kappa shape index (κ2) is 9.99. The van der Waals surface area contributed by atoms with Gasteiger partial charge in [-0.25, -0.2) is 0 Å². The maximum Gasteiger partial charge on any atom is 0.250 e. The summed E-state index contributed by atoms with van der Waals surface area (Å²) in [6.07, 6.45) is 3.27. The predicted molar refractivity (Wildman–Crippen MR) is 137 cm³/mol. The Morgan fingerprint density at radius 2 is 2.06 bits per heavy atom. The Kier molecular flexibility index (Phi) is 7.07. The van der Waals surface area contributed by atoms with Gasteiger partial charge in [-0.1, -0.05) is 53.8 Å². The quantitative estimate of drug-likeness (QED) is 0.166. The number of hydrogen-bond donors (Lipinski definition) is 1. The molecule has 2 aromatic carbocycles. The van der Waals surface area contributed by atoms with Crippen molar-refractivity contribution in [1.82, 2.24) is 10.2 Å². The summed E-state index contributed by atoms with van der Waals surface area (Å²) in [5.74, 6) is 1.29. The number of nitrogens with zero attached hydrogens (tertiary/aromatic N) is 2. The van der Waals surface area contributed by atoms with E-state index < -0.39 is 0 Å². The van der Waals surface area contributed by atoms with Crippen LogP contribution >= 0.6 is 34.7 Å². The number of carbonyl (C=O) groups excluding carboxylic acids is 1. The molecule has 4 aromatic rings. The van der Waals surface area contributed by atoms with Crippen LogP contribution in [0.4, 0.5) is 5.13 Å². The first-order valence-corrected chi connectivity index (χ1v) is 12.4. The minimum absolute atomic E-state index is 0.276. The zero-order valence-electron chi connectivity index (χ0n) is 18.6. The average Bonchev–Trinajstić information content (AvgIpc) is 3.41. The molecule has 0 atom stereocenters. The SMILES string of the molecule is CCSc1nnc(NC(=O)/C=C(\C)c2cc3c(-c4ccc(Cl)cc4)coc3c(C)c2OC)s1. The lowest BCUT2D eigenvalue weighted by Gasteiger charge is -2.13. The molecule has 2 heterocycles. The van der Waals surface area contributed by atoms with Crippen molar-refractivity contribution in [3.05, 3.63) is 58.8 Å².